The van der Waals surface area contributed by atoms with E-state index in [0.717, 1.165) is 11.3 Å². The highest BCUT2D eigenvalue weighted by molar-refractivity contribution is 9.11. The number of carbonyl (C=O) groups is 2. The number of hydrogen-bond donors (Lipinski definition) is 2. The molecule has 18 heavy (non-hydrogen) atoms. The Hall–Kier alpha value is -1.08. The van der Waals surface area contributed by atoms with Crippen LogP contribution < -0.4 is 5.32 Å². The Morgan fingerprint density at radius 2 is 1.94 bits per heavy atom. The molecule has 0 saturated carbocycles. The largest absolute Gasteiger partial charge is 0.478 e. The van der Waals surface area contributed by atoms with Crippen LogP contribution in [0.2, 0.25) is 0 Å². The second-order valence-corrected chi connectivity index (χ2v) is 6.98. The smallest absolute Gasteiger partial charge is 0.412 e. The van der Waals surface area contributed by atoms with Crippen LogP contribution in [0.3, 0.4) is 0 Å². The zero-order valence-electron chi connectivity index (χ0n) is 10.5. The van der Waals surface area contributed by atoms with E-state index in [2.05, 4.69) is 21.2 Å². The SMILES string of the molecule is Cc1c(Br)sc(NC(=O)OC(C)(C)C)c1C(=O)O. The molecule has 0 aliphatic rings. The third-order valence-electron chi connectivity index (χ3n) is 1.92. The zero-order valence-corrected chi connectivity index (χ0v) is 12.9. The number of ether oxygens (including phenoxy) is 1. The van der Waals surface area contributed by atoms with Crippen LogP contribution in [0.5, 0.6) is 0 Å². The van der Waals surface area contributed by atoms with Crippen LogP contribution in [0.1, 0.15) is 36.7 Å². The van der Waals surface area contributed by atoms with Gasteiger partial charge in [0.1, 0.15) is 10.6 Å². The molecule has 2 N–H and O–H groups in total. The molecule has 1 rings (SSSR count). The quantitative estimate of drug-likeness (QED) is 0.860. The summed E-state index contributed by atoms with van der Waals surface area (Å²) < 4.78 is 5.75. The van der Waals surface area contributed by atoms with Gasteiger partial charge in [-0.05, 0) is 49.2 Å². The summed E-state index contributed by atoms with van der Waals surface area (Å²) >= 11 is 4.40. The molecule has 5 nitrogen and oxygen atoms in total. The van der Waals surface area contributed by atoms with E-state index in [9.17, 15) is 9.59 Å². The number of rotatable bonds is 2. The van der Waals surface area contributed by atoms with Crippen LogP contribution in [0, 0.1) is 6.92 Å². The third kappa shape index (κ3) is 3.71. The van der Waals surface area contributed by atoms with E-state index < -0.39 is 17.7 Å². The third-order valence-corrected chi connectivity index (χ3v) is 3.99. The van der Waals surface area contributed by atoms with Crippen molar-refractivity contribution in [1.29, 1.82) is 0 Å². The van der Waals surface area contributed by atoms with Crippen molar-refractivity contribution in [2.24, 2.45) is 0 Å². The number of carboxylic acid groups (broad SMARTS) is 1. The fraction of sp³-hybridized carbons (Fsp3) is 0.455. The minimum Gasteiger partial charge on any atom is -0.478 e. The first-order chi connectivity index (χ1) is 8.11. The van der Waals surface area contributed by atoms with Gasteiger partial charge >= 0.3 is 12.1 Å². The highest BCUT2D eigenvalue weighted by atomic mass is 79.9. The van der Waals surface area contributed by atoms with Crippen molar-refractivity contribution >= 4 is 44.3 Å². The summed E-state index contributed by atoms with van der Waals surface area (Å²) in [7, 11) is 0. The average molecular weight is 336 g/mol. The number of thiophene rings is 1. The molecule has 0 unspecified atom stereocenters. The number of hydrogen-bond acceptors (Lipinski definition) is 4. The first kappa shape index (κ1) is 15.0. The Labute approximate surface area is 117 Å². The molecule has 0 saturated heterocycles. The van der Waals surface area contributed by atoms with Crippen molar-refractivity contribution < 1.29 is 19.4 Å². The Morgan fingerprint density at radius 3 is 2.39 bits per heavy atom. The van der Waals surface area contributed by atoms with Gasteiger partial charge in [-0.25, -0.2) is 9.59 Å². The lowest BCUT2D eigenvalue weighted by Gasteiger charge is -2.19. The number of carboxylic acids is 1. The van der Waals surface area contributed by atoms with Gasteiger partial charge in [0.2, 0.25) is 0 Å². The summed E-state index contributed by atoms with van der Waals surface area (Å²) in [5.41, 5.74) is 0.0353. The van der Waals surface area contributed by atoms with Crippen molar-refractivity contribution in [3.8, 4) is 0 Å². The van der Waals surface area contributed by atoms with Crippen molar-refractivity contribution in [2.45, 2.75) is 33.3 Å². The molecule has 0 aliphatic carbocycles. The number of nitrogens with one attached hydrogen (secondary N) is 1. The number of anilines is 1. The molecule has 0 fully saturated rings. The molecule has 0 spiro atoms. The topological polar surface area (TPSA) is 75.6 Å². The van der Waals surface area contributed by atoms with E-state index in [1.54, 1.807) is 27.7 Å². The maximum Gasteiger partial charge on any atom is 0.412 e. The lowest BCUT2D eigenvalue weighted by molar-refractivity contribution is 0.0636. The lowest BCUT2D eigenvalue weighted by atomic mass is 10.2. The second-order valence-electron chi connectivity index (χ2n) is 4.64. The van der Waals surface area contributed by atoms with E-state index in [0.29, 0.717) is 9.35 Å². The second kappa shape index (κ2) is 5.27. The van der Waals surface area contributed by atoms with Crippen LogP contribution in [0.25, 0.3) is 0 Å². The molecule has 0 radical (unpaired) electrons. The Balaban J connectivity index is 2.95. The minimum absolute atomic E-state index is 0.0812. The Kier molecular flexibility index (Phi) is 4.39. The maximum absolute atomic E-state index is 11.6. The normalized spacial score (nSPS) is 11.2. The van der Waals surface area contributed by atoms with Crippen LogP contribution in [0.4, 0.5) is 9.80 Å². The van der Waals surface area contributed by atoms with E-state index in [-0.39, 0.29) is 10.6 Å². The number of carbonyl (C=O) groups excluding carboxylic acids is 1. The van der Waals surface area contributed by atoms with Crippen LogP contribution >= 0.6 is 27.3 Å². The molecule has 100 valence electrons. The van der Waals surface area contributed by atoms with Crippen LogP contribution in [0.15, 0.2) is 3.79 Å². The average Bonchev–Trinajstić information content (AvgIpc) is 2.38. The monoisotopic (exact) mass is 335 g/mol. The van der Waals surface area contributed by atoms with Crippen molar-refractivity contribution in [3.05, 3.63) is 14.9 Å². The zero-order chi connectivity index (χ0) is 14.1. The van der Waals surface area contributed by atoms with Crippen molar-refractivity contribution in [1.82, 2.24) is 0 Å². The maximum atomic E-state index is 11.6. The molecule has 0 bridgehead atoms. The number of halogens is 1. The van der Waals surface area contributed by atoms with E-state index in [4.69, 9.17) is 9.84 Å². The first-order valence-electron chi connectivity index (χ1n) is 5.14. The molecule has 0 aliphatic heterocycles. The molecule has 1 amide bonds. The van der Waals surface area contributed by atoms with Gasteiger partial charge in [0.25, 0.3) is 0 Å². The molecule has 1 aromatic heterocycles. The predicted molar refractivity (Wildman–Crippen MR) is 73.6 cm³/mol. The summed E-state index contributed by atoms with van der Waals surface area (Å²) in [6, 6.07) is 0. The summed E-state index contributed by atoms with van der Waals surface area (Å²) in [5.74, 6) is -1.08. The molecular weight excluding hydrogens is 322 g/mol. The van der Waals surface area contributed by atoms with E-state index >= 15 is 0 Å². The molecule has 7 heteroatoms. The molecular formula is C11H14BrNO4S. The van der Waals surface area contributed by atoms with Gasteiger partial charge < -0.3 is 9.84 Å². The molecule has 1 aromatic rings. The minimum atomic E-state index is -1.08. The van der Waals surface area contributed by atoms with E-state index in [1.165, 1.54) is 0 Å². The summed E-state index contributed by atoms with van der Waals surface area (Å²) in [6.45, 7) is 6.88. The van der Waals surface area contributed by atoms with Crippen LogP contribution in [-0.2, 0) is 4.74 Å². The van der Waals surface area contributed by atoms with Gasteiger partial charge in [-0.3, -0.25) is 5.32 Å². The van der Waals surface area contributed by atoms with Crippen molar-refractivity contribution in [2.75, 3.05) is 5.32 Å². The highest BCUT2D eigenvalue weighted by Crippen LogP contribution is 2.36. The first-order valence-corrected chi connectivity index (χ1v) is 6.75. The van der Waals surface area contributed by atoms with Gasteiger partial charge in [-0.1, -0.05) is 0 Å². The van der Waals surface area contributed by atoms with Crippen molar-refractivity contribution in [3.63, 3.8) is 0 Å². The molecule has 1 heterocycles. The molecule has 0 aromatic carbocycles. The van der Waals surface area contributed by atoms with Gasteiger partial charge in [0, 0.05) is 0 Å². The fourth-order valence-corrected chi connectivity index (χ4v) is 2.82. The summed E-state index contributed by atoms with van der Waals surface area (Å²) in [5, 5.41) is 11.8. The summed E-state index contributed by atoms with van der Waals surface area (Å²) in [6.07, 6.45) is -0.668. The van der Waals surface area contributed by atoms with E-state index in [1.807, 2.05) is 0 Å². The van der Waals surface area contributed by atoms with Gasteiger partial charge in [0.15, 0.2) is 0 Å². The van der Waals surface area contributed by atoms with Crippen LogP contribution in [-0.4, -0.2) is 22.8 Å². The number of amides is 1. The molecule has 0 atom stereocenters. The standard InChI is InChI=1S/C11H14BrNO4S/c1-5-6(9(14)15)8(18-7(5)12)13-10(16)17-11(2,3)4/h1-4H3,(H,13,16)(H,14,15). The fourth-order valence-electron chi connectivity index (χ4n) is 1.23. The number of aromatic carboxylic acids is 1. The Bertz CT molecular complexity index is 490. The predicted octanol–water partition coefficient (Wildman–Crippen LogP) is 3.86. The van der Waals surface area contributed by atoms with Gasteiger partial charge in [-0.2, -0.15) is 0 Å². The summed E-state index contributed by atoms with van der Waals surface area (Å²) in [4.78, 5) is 22.7. The van der Waals surface area contributed by atoms with Gasteiger partial charge in [-0.15, -0.1) is 11.3 Å². The Morgan fingerprint density at radius 1 is 1.39 bits per heavy atom. The van der Waals surface area contributed by atoms with Gasteiger partial charge in [0.05, 0.1) is 9.35 Å². The highest BCUT2D eigenvalue weighted by Gasteiger charge is 2.23. The lowest BCUT2D eigenvalue weighted by Crippen LogP contribution is -2.27.